The second kappa shape index (κ2) is 3.81. The van der Waals surface area contributed by atoms with Gasteiger partial charge in [0.1, 0.15) is 0 Å². The Morgan fingerprint density at radius 3 is 2.50 bits per heavy atom. The zero-order chi connectivity index (χ0) is 11.1. The van der Waals surface area contributed by atoms with E-state index in [0.717, 1.165) is 17.6 Å². The SMILES string of the molecule is CC1=CN(C2CC2)CC1c1ccc(Cl)cc1. The predicted octanol–water partition coefficient (Wildman–Crippen LogP) is 3.81. The van der Waals surface area contributed by atoms with Crippen molar-refractivity contribution in [3.05, 3.63) is 46.6 Å². The van der Waals surface area contributed by atoms with Crippen LogP contribution in [0.3, 0.4) is 0 Å². The molecule has 1 saturated carbocycles. The Balaban J connectivity index is 1.81. The molecule has 84 valence electrons. The normalized spacial score (nSPS) is 24.8. The molecule has 1 heterocycles. The molecule has 0 radical (unpaired) electrons. The summed E-state index contributed by atoms with van der Waals surface area (Å²) < 4.78 is 0. The van der Waals surface area contributed by atoms with Gasteiger partial charge in [0.05, 0.1) is 0 Å². The van der Waals surface area contributed by atoms with Crippen molar-refractivity contribution in [1.82, 2.24) is 4.90 Å². The first-order valence-electron chi connectivity index (χ1n) is 5.93. The van der Waals surface area contributed by atoms with Crippen molar-refractivity contribution in [2.24, 2.45) is 0 Å². The first kappa shape index (κ1) is 10.2. The van der Waals surface area contributed by atoms with Crippen molar-refractivity contribution in [1.29, 1.82) is 0 Å². The van der Waals surface area contributed by atoms with Crippen LogP contribution in [-0.2, 0) is 0 Å². The molecule has 16 heavy (non-hydrogen) atoms. The van der Waals surface area contributed by atoms with Gasteiger partial charge in [0.25, 0.3) is 0 Å². The maximum atomic E-state index is 5.92. The molecular formula is C14H16ClN. The lowest BCUT2D eigenvalue weighted by molar-refractivity contribution is 0.383. The van der Waals surface area contributed by atoms with Gasteiger partial charge in [0.15, 0.2) is 0 Å². The first-order chi connectivity index (χ1) is 7.74. The highest BCUT2D eigenvalue weighted by atomic mass is 35.5. The number of rotatable bonds is 2. The van der Waals surface area contributed by atoms with E-state index >= 15 is 0 Å². The summed E-state index contributed by atoms with van der Waals surface area (Å²) in [6, 6.07) is 9.11. The lowest BCUT2D eigenvalue weighted by atomic mass is 9.95. The maximum Gasteiger partial charge on any atom is 0.0406 e. The van der Waals surface area contributed by atoms with Crippen molar-refractivity contribution >= 4 is 11.6 Å². The minimum atomic E-state index is 0.567. The Bertz CT molecular complexity index is 417. The minimum Gasteiger partial charge on any atom is -0.374 e. The van der Waals surface area contributed by atoms with Crippen molar-refractivity contribution in [3.8, 4) is 0 Å². The molecule has 1 aromatic carbocycles. The van der Waals surface area contributed by atoms with Crippen LogP contribution in [0.15, 0.2) is 36.0 Å². The molecule has 0 aromatic heterocycles. The minimum absolute atomic E-state index is 0.567. The molecule has 0 spiro atoms. The van der Waals surface area contributed by atoms with Crippen molar-refractivity contribution in [2.45, 2.75) is 31.7 Å². The molecule has 0 bridgehead atoms. The number of hydrogen-bond donors (Lipinski definition) is 0. The van der Waals surface area contributed by atoms with E-state index in [1.54, 1.807) is 0 Å². The molecule has 1 aromatic rings. The second-order valence-corrected chi connectivity index (χ2v) is 5.34. The smallest absolute Gasteiger partial charge is 0.0406 e. The third-order valence-corrected chi connectivity index (χ3v) is 3.85. The van der Waals surface area contributed by atoms with Gasteiger partial charge in [-0.25, -0.2) is 0 Å². The molecule has 0 amide bonds. The van der Waals surface area contributed by atoms with Gasteiger partial charge in [0.2, 0.25) is 0 Å². The van der Waals surface area contributed by atoms with Crippen LogP contribution in [0.1, 0.15) is 31.2 Å². The number of nitrogens with zero attached hydrogens (tertiary/aromatic N) is 1. The monoisotopic (exact) mass is 233 g/mol. The van der Waals surface area contributed by atoms with E-state index in [2.05, 4.69) is 30.2 Å². The molecule has 1 unspecified atom stereocenters. The van der Waals surface area contributed by atoms with E-state index in [1.165, 1.54) is 24.0 Å². The van der Waals surface area contributed by atoms with Gasteiger partial charge in [-0.1, -0.05) is 23.7 Å². The van der Waals surface area contributed by atoms with E-state index in [-0.39, 0.29) is 0 Å². The lowest BCUT2D eigenvalue weighted by Gasteiger charge is -2.17. The molecule has 3 rings (SSSR count). The number of benzene rings is 1. The van der Waals surface area contributed by atoms with Crippen LogP contribution < -0.4 is 0 Å². The summed E-state index contributed by atoms with van der Waals surface area (Å²) in [5.41, 5.74) is 2.87. The molecule has 1 fully saturated rings. The molecule has 1 nitrogen and oxygen atoms in total. The summed E-state index contributed by atoms with van der Waals surface area (Å²) in [6.45, 7) is 3.39. The van der Waals surface area contributed by atoms with Crippen molar-refractivity contribution in [2.75, 3.05) is 6.54 Å². The van der Waals surface area contributed by atoms with Crippen molar-refractivity contribution < 1.29 is 0 Å². The summed E-state index contributed by atoms with van der Waals surface area (Å²) >= 11 is 5.92. The van der Waals surface area contributed by atoms with Crippen molar-refractivity contribution in [3.63, 3.8) is 0 Å². The average molecular weight is 234 g/mol. The van der Waals surface area contributed by atoms with Crippen LogP contribution in [0, 0.1) is 0 Å². The zero-order valence-corrected chi connectivity index (χ0v) is 10.2. The molecule has 1 aliphatic heterocycles. The predicted molar refractivity (Wildman–Crippen MR) is 67.7 cm³/mol. The Morgan fingerprint density at radius 2 is 1.88 bits per heavy atom. The van der Waals surface area contributed by atoms with Crippen LogP contribution in [0.4, 0.5) is 0 Å². The molecule has 2 aliphatic rings. The van der Waals surface area contributed by atoms with E-state index in [0.29, 0.717) is 5.92 Å². The third kappa shape index (κ3) is 1.84. The summed E-state index contributed by atoms with van der Waals surface area (Å²) in [5.74, 6) is 0.567. The van der Waals surface area contributed by atoms with E-state index in [4.69, 9.17) is 11.6 Å². The average Bonchev–Trinajstić information content (AvgIpc) is 3.04. The Hall–Kier alpha value is -0.950. The summed E-state index contributed by atoms with van der Waals surface area (Å²) in [4.78, 5) is 2.51. The van der Waals surface area contributed by atoms with Gasteiger partial charge >= 0.3 is 0 Å². The highest BCUT2D eigenvalue weighted by Crippen LogP contribution is 2.37. The van der Waals surface area contributed by atoms with Gasteiger partial charge in [-0.2, -0.15) is 0 Å². The molecule has 2 heteroatoms. The third-order valence-electron chi connectivity index (χ3n) is 3.60. The van der Waals surface area contributed by atoms with E-state index < -0.39 is 0 Å². The lowest BCUT2D eigenvalue weighted by Crippen LogP contribution is -2.19. The standard InChI is InChI=1S/C14H16ClN/c1-10-8-16(13-6-7-13)9-14(10)11-2-4-12(15)5-3-11/h2-5,8,13-14H,6-7,9H2,1H3. The van der Waals surface area contributed by atoms with Crippen LogP contribution in [-0.4, -0.2) is 17.5 Å². The topological polar surface area (TPSA) is 3.24 Å². The number of hydrogen-bond acceptors (Lipinski definition) is 1. The molecule has 0 N–H and O–H groups in total. The molecular weight excluding hydrogens is 218 g/mol. The largest absolute Gasteiger partial charge is 0.374 e. The highest BCUT2D eigenvalue weighted by Gasteiger charge is 2.33. The Kier molecular flexibility index (Phi) is 2.44. The summed E-state index contributed by atoms with van der Waals surface area (Å²) in [6.07, 6.45) is 5.09. The fourth-order valence-corrected chi connectivity index (χ4v) is 2.61. The first-order valence-corrected chi connectivity index (χ1v) is 6.31. The second-order valence-electron chi connectivity index (χ2n) is 4.91. The van der Waals surface area contributed by atoms with Crippen LogP contribution in [0.5, 0.6) is 0 Å². The summed E-state index contributed by atoms with van der Waals surface area (Å²) in [5, 5.41) is 0.822. The number of halogens is 1. The van der Waals surface area contributed by atoms with Gasteiger partial charge in [0, 0.05) is 23.5 Å². The van der Waals surface area contributed by atoms with E-state index in [1.807, 2.05) is 12.1 Å². The maximum absolute atomic E-state index is 5.92. The highest BCUT2D eigenvalue weighted by molar-refractivity contribution is 6.30. The van der Waals surface area contributed by atoms with Gasteiger partial charge in [-0.3, -0.25) is 0 Å². The Labute approximate surface area is 102 Å². The fourth-order valence-electron chi connectivity index (χ4n) is 2.48. The van der Waals surface area contributed by atoms with Crippen LogP contribution in [0.25, 0.3) is 0 Å². The van der Waals surface area contributed by atoms with E-state index in [9.17, 15) is 0 Å². The molecule has 1 aliphatic carbocycles. The summed E-state index contributed by atoms with van der Waals surface area (Å²) in [7, 11) is 0. The molecule has 1 atom stereocenters. The van der Waals surface area contributed by atoms with Crippen LogP contribution >= 0.6 is 11.6 Å². The zero-order valence-electron chi connectivity index (χ0n) is 9.49. The quantitative estimate of drug-likeness (QED) is 0.751. The van der Waals surface area contributed by atoms with Crippen LogP contribution in [0.2, 0.25) is 5.02 Å². The Morgan fingerprint density at radius 1 is 1.19 bits per heavy atom. The van der Waals surface area contributed by atoms with Gasteiger partial charge in [-0.15, -0.1) is 0 Å². The molecule has 0 saturated heterocycles. The fraction of sp³-hybridized carbons (Fsp3) is 0.429. The van der Waals surface area contributed by atoms with Gasteiger partial charge in [-0.05, 0) is 49.2 Å². The van der Waals surface area contributed by atoms with Gasteiger partial charge < -0.3 is 4.90 Å².